The third-order valence-corrected chi connectivity index (χ3v) is 4.91. The van der Waals surface area contributed by atoms with E-state index in [1.54, 1.807) is 11.3 Å². The molecule has 0 aliphatic heterocycles. The van der Waals surface area contributed by atoms with Gasteiger partial charge in [0.05, 0.1) is 0 Å². The summed E-state index contributed by atoms with van der Waals surface area (Å²) >= 11 is 1.73. The number of benzene rings is 1. The second-order valence-electron chi connectivity index (χ2n) is 6.19. The Kier molecular flexibility index (Phi) is 4.66. The molecule has 112 valence electrons. The Morgan fingerprint density at radius 3 is 2.90 bits per heavy atom. The number of hydrogen-bond donors (Lipinski definition) is 1. The number of rotatable bonds is 6. The first-order valence-corrected chi connectivity index (χ1v) is 8.69. The second-order valence-corrected chi connectivity index (χ2v) is 7.25. The van der Waals surface area contributed by atoms with Gasteiger partial charge in [-0.25, -0.2) is 0 Å². The largest absolute Gasteiger partial charge is 0.316 e. The van der Waals surface area contributed by atoms with E-state index >= 15 is 0 Å². The molecular weight excluding hydrogens is 278 g/mol. The van der Waals surface area contributed by atoms with Gasteiger partial charge in [-0.15, -0.1) is 10.2 Å². The van der Waals surface area contributed by atoms with Gasteiger partial charge in [0.1, 0.15) is 10.0 Å². The first kappa shape index (κ1) is 14.7. The van der Waals surface area contributed by atoms with Gasteiger partial charge in [-0.05, 0) is 48.9 Å². The molecule has 0 fully saturated rings. The lowest BCUT2D eigenvalue weighted by molar-refractivity contribution is 0.553. The van der Waals surface area contributed by atoms with Gasteiger partial charge in [0, 0.05) is 18.5 Å². The molecule has 1 aromatic carbocycles. The first-order chi connectivity index (χ1) is 10.2. The average Bonchev–Trinajstić information content (AvgIpc) is 3.11. The lowest BCUT2D eigenvalue weighted by Crippen LogP contribution is -2.22. The molecule has 1 heterocycles. The molecular formula is C17H23N3S. The number of hydrogen-bond acceptors (Lipinski definition) is 4. The van der Waals surface area contributed by atoms with E-state index in [2.05, 4.69) is 47.6 Å². The fourth-order valence-corrected chi connectivity index (χ4v) is 3.60. The lowest BCUT2D eigenvalue weighted by atomic mass is 10.1. The molecule has 2 aromatic rings. The highest BCUT2D eigenvalue weighted by atomic mass is 32.1. The fourth-order valence-electron chi connectivity index (χ4n) is 2.76. The number of aromatic nitrogens is 2. The Labute approximate surface area is 130 Å². The van der Waals surface area contributed by atoms with Crippen LogP contribution in [0.5, 0.6) is 0 Å². The Morgan fingerprint density at radius 2 is 2.05 bits per heavy atom. The van der Waals surface area contributed by atoms with Gasteiger partial charge >= 0.3 is 0 Å². The van der Waals surface area contributed by atoms with E-state index in [9.17, 15) is 0 Å². The number of aryl methyl sites for hydroxylation is 2. The molecule has 1 aliphatic rings. The van der Waals surface area contributed by atoms with Crippen molar-refractivity contribution in [3.05, 3.63) is 34.3 Å². The van der Waals surface area contributed by atoms with E-state index in [0.29, 0.717) is 5.92 Å². The summed E-state index contributed by atoms with van der Waals surface area (Å²) in [5.74, 6) is 0.696. The highest BCUT2D eigenvalue weighted by molar-refractivity contribution is 7.14. The summed E-state index contributed by atoms with van der Waals surface area (Å²) in [5.41, 5.74) is 4.25. The highest BCUT2D eigenvalue weighted by Crippen LogP contribution is 2.29. The Balaban J connectivity index is 1.62. The van der Waals surface area contributed by atoms with Crippen molar-refractivity contribution < 1.29 is 0 Å². The van der Waals surface area contributed by atoms with Crippen LogP contribution in [0, 0.1) is 5.92 Å². The van der Waals surface area contributed by atoms with Crippen LogP contribution in [0.15, 0.2) is 18.2 Å². The predicted molar refractivity (Wildman–Crippen MR) is 88.8 cm³/mol. The molecule has 0 amide bonds. The zero-order valence-electron chi connectivity index (χ0n) is 12.9. The minimum Gasteiger partial charge on any atom is -0.316 e. The van der Waals surface area contributed by atoms with Crippen molar-refractivity contribution in [2.75, 3.05) is 13.1 Å². The highest BCUT2D eigenvalue weighted by Gasteiger charge is 2.13. The van der Waals surface area contributed by atoms with E-state index in [0.717, 1.165) is 29.5 Å². The van der Waals surface area contributed by atoms with Crippen LogP contribution in [0.4, 0.5) is 0 Å². The smallest absolute Gasteiger partial charge is 0.147 e. The first-order valence-electron chi connectivity index (χ1n) is 7.87. The third-order valence-electron chi connectivity index (χ3n) is 3.88. The van der Waals surface area contributed by atoms with E-state index < -0.39 is 0 Å². The maximum absolute atomic E-state index is 4.37. The van der Waals surface area contributed by atoms with Crippen LogP contribution in [-0.4, -0.2) is 23.3 Å². The number of fused-ring (bicyclic) bond motifs is 1. The Hall–Kier alpha value is -1.26. The molecule has 4 heteroatoms. The van der Waals surface area contributed by atoms with Crippen LogP contribution in [0.3, 0.4) is 0 Å². The molecule has 0 saturated carbocycles. The SMILES string of the molecule is CC(C)CNCCc1nnc(-c2ccc3c(c2)CCC3)s1. The number of nitrogens with one attached hydrogen (secondary N) is 1. The van der Waals surface area contributed by atoms with Gasteiger partial charge in [0.15, 0.2) is 0 Å². The molecule has 1 N–H and O–H groups in total. The van der Waals surface area contributed by atoms with Gasteiger partial charge < -0.3 is 5.32 Å². The van der Waals surface area contributed by atoms with Crippen molar-refractivity contribution in [2.45, 2.75) is 39.5 Å². The number of nitrogens with zero attached hydrogens (tertiary/aromatic N) is 2. The van der Waals surface area contributed by atoms with E-state index in [4.69, 9.17) is 0 Å². The van der Waals surface area contributed by atoms with Crippen LogP contribution in [0.25, 0.3) is 10.6 Å². The van der Waals surface area contributed by atoms with Gasteiger partial charge in [0.25, 0.3) is 0 Å². The molecule has 1 aliphatic carbocycles. The lowest BCUT2D eigenvalue weighted by Gasteiger charge is -2.05. The standard InChI is InChI=1S/C17H23N3S/c1-12(2)11-18-9-8-16-19-20-17(21-16)15-7-6-13-4-3-5-14(13)10-15/h6-7,10,12,18H,3-5,8-9,11H2,1-2H3. The van der Waals surface area contributed by atoms with Crippen molar-refractivity contribution in [3.63, 3.8) is 0 Å². The zero-order valence-corrected chi connectivity index (χ0v) is 13.7. The van der Waals surface area contributed by atoms with Crippen LogP contribution < -0.4 is 5.32 Å². The van der Waals surface area contributed by atoms with Crippen molar-refractivity contribution in [1.82, 2.24) is 15.5 Å². The second kappa shape index (κ2) is 6.67. The van der Waals surface area contributed by atoms with Crippen molar-refractivity contribution in [3.8, 4) is 10.6 Å². The molecule has 21 heavy (non-hydrogen) atoms. The summed E-state index contributed by atoms with van der Waals surface area (Å²) in [6, 6.07) is 6.78. The molecule has 0 atom stereocenters. The van der Waals surface area contributed by atoms with Crippen LogP contribution in [0.1, 0.15) is 36.4 Å². The van der Waals surface area contributed by atoms with E-state index in [1.807, 2.05) is 0 Å². The molecule has 0 saturated heterocycles. The molecule has 0 bridgehead atoms. The molecule has 0 radical (unpaired) electrons. The van der Waals surface area contributed by atoms with Gasteiger partial charge in [0.2, 0.25) is 0 Å². The Morgan fingerprint density at radius 1 is 1.19 bits per heavy atom. The van der Waals surface area contributed by atoms with E-state index in [-0.39, 0.29) is 0 Å². The quantitative estimate of drug-likeness (QED) is 0.830. The summed E-state index contributed by atoms with van der Waals surface area (Å²) in [4.78, 5) is 0. The summed E-state index contributed by atoms with van der Waals surface area (Å²) in [6.45, 7) is 6.50. The van der Waals surface area contributed by atoms with Crippen molar-refractivity contribution in [2.24, 2.45) is 5.92 Å². The van der Waals surface area contributed by atoms with Crippen molar-refractivity contribution >= 4 is 11.3 Å². The molecule has 3 nitrogen and oxygen atoms in total. The van der Waals surface area contributed by atoms with E-state index in [1.165, 1.54) is 36.0 Å². The minimum absolute atomic E-state index is 0.696. The summed E-state index contributed by atoms with van der Waals surface area (Å²) in [7, 11) is 0. The normalized spacial score (nSPS) is 13.9. The molecule has 0 spiro atoms. The molecule has 0 unspecified atom stereocenters. The fraction of sp³-hybridized carbons (Fsp3) is 0.529. The zero-order chi connectivity index (χ0) is 14.7. The predicted octanol–water partition coefficient (Wildman–Crippen LogP) is 3.48. The van der Waals surface area contributed by atoms with Gasteiger partial charge in [-0.1, -0.05) is 37.3 Å². The Bertz CT molecular complexity index is 604. The maximum atomic E-state index is 4.37. The van der Waals surface area contributed by atoms with Gasteiger partial charge in [-0.3, -0.25) is 0 Å². The molecule has 1 aromatic heterocycles. The molecule has 3 rings (SSSR count). The summed E-state index contributed by atoms with van der Waals surface area (Å²) in [5, 5.41) is 14.3. The van der Waals surface area contributed by atoms with Crippen LogP contribution in [-0.2, 0) is 19.3 Å². The maximum Gasteiger partial charge on any atom is 0.147 e. The summed E-state index contributed by atoms with van der Waals surface area (Å²) in [6.07, 6.45) is 4.71. The topological polar surface area (TPSA) is 37.8 Å². The third kappa shape index (κ3) is 3.69. The van der Waals surface area contributed by atoms with Crippen LogP contribution in [0.2, 0.25) is 0 Å². The summed E-state index contributed by atoms with van der Waals surface area (Å²) < 4.78 is 0. The van der Waals surface area contributed by atoms with Gasteiger partial charge in [-0.2, -0.15) is 0 Å². The van der Waals surface area contributed by atoms with Crippen molar-refractivity contribution in [1.29, 1.82) is 0 Å². The van der Waals surface area contributed by atoms with Crippen LogP contribution >= 0.6 is 11.3 Å². The minimum atomic E-state index is 0.696. The monoisotopic (exact) mass is 301 g/mol. The average molecular weight is 301 g/mol.